The largest absolute Gasteiger partial charge is 0.315 e. The fraction of sp³-hybridized carbons (Fsp3) is 1.00. The number of piperidine rings is 1. The van der Waals surface area contributed by atoms with E-state index in [0.717, 1.165) is 11.8 Å². The summed E-state index contributed by atoms with van der Waals surface area (Å²) in [5.41, 5.74) is 0. The van der Waals surface area contributed by atoms with Gasteiger partial charge in [-0.2, -0.15) is 0 Å². The first-order valence-corrected chi connectivity index (χ1v) is 7.55. The normalized spacial score (nSPS) is 19.4. The second-order valence-corrected chi connectivity index (χ2v) is 6.24. The first kappa shape index (κ1) is 15.0. The zero-order valence-electron chi connectivity index (χ0n) is 12.3. The molecule has 2 nitrogen and oxygen atoms in total. The standard InChI is InChI=1S/C15H32N2/c1-13(2)15-7-11-17(12-8-15)10-6-5-9-16-14(3)4/h13-16H,5-12H2,1-4H3. The van der Waals surface area contributed by atoms with Gasteiger partial charge in [0.15, 0.2) is 0 Å². The molecule has 1 saturated heterocycles. The average Bonchev–Trinajstić information content (AvgIpc) is 2.29. The highest BCUT2D eigenvalue weighted by atomic mass is 15.1. The Morgan fingerprint density at radius 1 is 1.06 bits per heavy atom. The Morgan fingerprint density at radius 3 is 2.24 bits per heavy atom. The monoisotopic (exact) mass is 240 g/mol. The van der Waals surface area contributed by atoms with Gasteiger partial charge in [0, 0.05) is 6.04 Å². The molecule has 0 spiro atoms. The Morgan fingerprint density at radius 2 is 1.71 bits per heavy atom. The van der Waals surface area contributed by atoms with E-state index in [1.165, 1.54) is 51.9 Å². The molecule has 1 heterocycles. The lowest BCUT2D eigenvalue weighted by Gasteiger charge is -2.33. The van der Waals surface area contributed by atoms with E-state index in [1.54, 1.807) is 0 Å². The molecule has 102 valence electrons. The van der Waals surface area contributed by atoms with Crippen LogP contribution in [-0.4, -0.2) is 37.1 Å². The summed E-state index contributed by atoms with van der Waals surface area (Å²) in [5, 5.41) is 3.49. The summed E-state index contributed by atoms with van der Waals surface area (Å²) in [5.74, 6) is 1.86. The summed E-state index contributed by atoms with van der Waals surface area (Å²) in [4.78, 5) is 2.66. The molecule has 2 heteroatoms. The topological polar surface area (TPSA) is 15.3 Å². The molecule has 0 amide bonds. The molecular formula is C15H32N2. The van der Waals surface area contributed by atoms with E-state index in [0.29, 0.717) is 6.04 Å². The van der Waals surface area contributed by atoms with Crippen molar-refractivity contribution in [3.63, 3.8) is 0 Å². The molecule has 1 rings (SSSR count). The Hall–Kier alpha value is -0.0800. The highest BCUT2D eigenvalue weighted by Gasteiger charge is 2.20. The van der Waals surface area contributed by atoms with Gasteiger partial charge < -0.3 is 10.2 Å². The number of nitrogens with one attached hydrogen (secondary N) is 1. The second-order valence-electron chi connectivity index (χ2n) is 6.24. The summed E-state index contributed by atoms with van der Waals surface area (Å²) in [6, 6.07) is 0.636. The minimum absolute atomic E-state index is 0.636. The van der Waals surface area contributed by atoms with Crippen molar-refractivity contribution in [1.82, 2.24) is 10.2 Å². The minimum Gasteiger partial charge on any atom is -0.315 e. The Labute approximate surface area is 108 Å². The van der Waals surface area contributed by atoms with Gasteiger partial charge in [0.2, 0.25) is 0 Å². The van der Waals surface area contributed by atoms with Crippen LogP contribution >= 0.6 is 0 Å². The van der Waals surface area contributed by atoms with Crippen LogP contribution in [-0.2, 0) is 0 Å². The molecule has 17 heavy (non-hydrogen) atoms. The van der Waals surface area contributed by atoms with Crippen LogP contribution in [0, 0.1) is 11.8 Å². The van der Waals surface area contributed by atoms with Crippen LogP contribution in [0.25, 0.3) is 0 Å². The number of rotatable bonds is 7. The van der Waals surface area contributed by atoms with Gasteiger partial charge in [-0.3, -0.25) is 0 Å². The maximum absolute atomic E-state index is 3.49. The van der Waals surface area contributed by atoms with Crippen molar-refractivity contribution < 1.29 is 0 Å². The second kappa shape index (κ2) is 8.10. The Bertz CT molecular complexity index is 181. The van der Waals surface area contributed by atoms with Gasteiger partial charge in [-0.25, -0.2) is 0 Å². The smallest absolute Gasteiger partial charge is 0.00103 e. The van der Waals surface area contributed by atoms with Gasteiger partial charge in [0.1, 0.15) is 0 Å². The highest BCUT2D eigenvalue weighted by molar-refractivity contribution is 4.74. The third kappa shape index (κ3) is 6.42. The van der Waals surface area contributed by atoms with Gasteiger partial charge in [-0.15, -0.1) is 0 Å². The molecule has 0 unspecified atom stereocenters. The zero-order valence-corrected chi connectivity index (χ0v) is 12.3. The van der Waals surface area contributed by atoms with Crippen molar-refractivity contribution >= 4 is 0 Å². The summed E-state index contributed by atoms with van der Waals surface area (Å²) in [6.07, 6.45) is 5.51. The van der Waals surface area contributed by atoms with Crippen molar-refractivity contribution in [3.8, 4) is 0 Å². The average molecular weight is 240 g/mol. The minimum atomic E-state index is 0.636. The zero-order chi connectivity index (χ0) is 12.7. The molecule has 0 radical (unpaired) electrons. The van der Waals surface area contributed by atoms with Gasteiger partial charge in [-0.05, 0) is 63.7 Å². The van der Waals surface area contributed by atoms with Crippen molar-refractivity contribution in [1.29, 1.82) is 0 Å². The van der Waals surface area contributed by atoms with Gasteiger partial charge in [0.05, 0.1) is 0 Å². The number of unbranched alkanes of at least 4 members (excludes halogenated alkanes) is 1. The molecule has 1 N–H and O–H groups in total. The molecule has 0 atom stereocenters. The van der Waals surface area contributed by atoms with Crippen LogP contribution in [0.5, 0.6) is 0 Å². The van der Waals surface area contributed by atoms with E-state index in [9.17, 15) is 0 Å². The fourth-order valence-corrected chi connectivity index (χ4v) is 2.69. The molecule has 0 aromatic heterocycles. The maximum atomic E-state index is 3.49. The predicted molar refractivity (Wildman–Crippen MR) is 76.4 cm³/mol. The maximum Gasteiger partial charge on any atom is 0.00103 e. The molecule has 0 aliphatic carbocycles. The van der Waals surface area contributed by atoms with Gasteiger partial charge in [-0.1, -0.05) is 27.7 Å². The summed E-state index contributed by atoms with van der Waals surface area (Å²) in [7, 11) is 0. The number of likely N-dealkylation sites (tertiary alicyclic amines) is 1. The van der Waals surface area contributed by atoms with Crippen molar-refractivity contribution in [2.45, 2.75) is 59.4 Å². The van der Waals surface area contributed by atoms with E-state index >= 15 is 0 Å². The van der Waals surface area contributed by atoms with Gasteiger partial charge in [0.25, 0.3) is 0 Å². The van der Waals surface area contributed by atoms with E-state index in [2.05, 4.69) is 37.9 Å². The van der Waals surface area contributed by atoms with Crippen molar-refractivity contribution in [2.75, 3.05) is 26.2 Å². The molecule has 0 aromatic carbocycles. The first-order valence-electron chi connectivity index (χ1n) is 7.55. The highest BCUT2D eigenvalue weighted by Crippen LogP contribution is 2.24. The summed E-state index contributed by atoms with van der Waals surface area (Å²) >= 11 is 0. The lowest BCUT2D eigenvalue weighted by molar-refractivity contribution is 0.156. The number of hydrogen-bond acceptors (Lipinski definition) is 2. The lowest BCUT2D eigenvalue weighted by Crippen LogP contribution is -2.36. The Balaban J connectivity index is 1.99. The summed E-state index contributed by atoms with van der Waals surface area (Å²) in [6.45, 7) is 14.3. The molecular weight excluding hydrogens is 208 g/mol. The van der Waals surface area contributed by atoms with E-state index in [-0.39, 0.29) is 0 Å². The third-order valence-corrected chi connectivity index (χ3v) is 4.03. The SMILES string of the molecule is CC(C)NCCCCN1CCC(C(C)C)CC1. The lowest BCUT2D eigenvalue weighted by atomic mass is 9.87. The fourth-order valence-electron chi connectivity index (χ4n) is 2.69. The van der Waals surface area contributed by atoms with Crippen molar-refractivity contribution in [3.05, 3.63) is 0 Å². The van der Waals surface area contributed by atoms with E-state index < -0.39 is 0 Å². The van der Waals surface area contributed by atoms with E-state index in [4.69, 9.17) is 0 Å². The summed E-state index contributed by atoms with van der Waals surface area (Å²) < 4.78 is 0. The number of hydrogen-bond donors (Lipinski definition) is 1. The predicted octanol–water partition coefficient (Wildman–Crippen LogP) is 3.13. The molecule has 0 aromatic rings. The van der Waals surface area contributed by atoms with E-state index in [1.807, 2.05) is 0 Å². The molecule has 1 aliphatic heterocycles. The first-order chi connectivity index (χ1) is 8.09. The van der Waals surface area contributed by atoms with Crippen LogP contribution in [0.4, 0.5) is 0 Å². The Kier molecular flexibility index (Phi) is 7.14. The molecule has 1 fully saturated rings. The van der Waals surface area contributed by atoms with Crippen LogP contribution in [0.2, 0.25) is 0 Å². The van der Waals surface area contributed by atoms with Crippen LogP contribution < -0.4 is 5.32 Å². The van der Waals surface area contributed by atoms with Crippen LogP contribution in [0.3, 0.4) is 0 Å². The molecule has 0 bridgehead atoms. The third-order valence-electron chi connectivity index (χ3n) is 4.03. The number of nitrogens with zero attached hydrogens (tertiary/aromatic N) is 1. The molecule has 0 saturated carbocycles. The van der Waals surface area contributed by atoms with Crippen LogP contribution in [0.1, 0.15) is 53.4 Å². The van der Waals surface area contributed by atoms with Gasteiger partial charge >= 0.3 is 0 Å². The molecule has 1 aliphatic rings. The van der Waals surface area contributed by atoms with Crippen LogP contribution in [0.15, 0.2) is 0 Å². The quantitative estimate of drug-likeness (QED) is 0.688. The van der Waals surface area contributed by atoms with Crippen molar-refractivity contribution in [2.24, 2.45) is 11.8 Å².